The summed E-state index contributed by atoms with van der Waals surface area (Å²) >= 11 is 3.52. The van der Waals surface area contributed by atoms with Crippen LogP contribution in [-0.4, -0.2) is 47.7 Å². The largest absolute Gasteiger partial charge is 0.384 e. The zero-order valence-electron chi connectivity index (χ0n) is 8.81. The van der Waals surface area contributed by atoms with Crippen molar-refractivity contribution in [2.45, 2.75) is 6.42 Å². The molecule has 0 unspecified atom stereocenters. The molecule has 84 valence electrons. The van der Waals surface area contributed by atoms with Gasteiger partial charge >= 0.3 is 0 Å². The second-order valence-electron chi connectivity index (χ2n) is 3.34. The molecule has 0 saturated carbocycles. The van der Waals surface area contributed by atoms with Crippen LogP contribution in [-0.2, 0) is 11.2 Å². The number of aromatic nitrogens is 2. The molecular formula is C9H15N3OS2. The van der Waals surface area contributed by atoms with E-state index >= 15 is 0 Å². The van der Waals surface area contributed by atoms with E-state index in [4.69, 9.17) is 4.74 Å². The average Bonchev–Trinajstić information content (AvgIpc) is 2.76. The maximum Gasteiger partial charge on any atom is 0.205 e. The maximum absolute atomic E-state index is 5.01. The fourth-order valence-electron chi connectivity index (χ4n) is 1.42. The van der Waals surface area contributed by atoms with Crippen molar-refractivity contribution in [2.24, 2.45) is 0 Å². The second kappa shape index (κ2) is 5.67. The summed E-state index contributed by atoms with van der Waals surface area (Å²) in [5.41, 5.74) is 0. The van der Waals surface area contributed by atoms with E-state index in [-0.39, 0.29) is 0 Å². The van der Waals surface area contributed by atoms with Crippen LogP contribution in [0.25, 0.3) is 0 Å². The van der Waals surface area contributed by atoms with E-state index in [2.05, 4.69) is 14.3 Å². The first-order chi connectivity index (χ1) is 7.40. The summed E-state index contributed by atoms with van der Waals surface area (Å²) in [7, 11) is 1.70. The molecule has 4 nitrogen and oxygen atoms in total. The summed E-state index contributed by atoms with van der Waals surface area (Å²) in [5, 5.41) is 1.07. The van der Waals surface area contributed by atoms with Gasteiger partial charge in [-0.1, -0.05) is 0 Å². The summed E-state index contributed by atoms with van der Waals surface area (Å²) in [6.45, 7) is 2.90. The fourth-order valence-corrected chi connectivity index (χ4v) is 3.09. The van der Waals surface area contributed by atoms with Crippen molar-refractivity contribution >= 4 is 28.4 Å². The van der Waals surface area contributed by atoms with Crippen LogP contribution in [0.1, 0.15) is 5.82 Å². The highest BCUT2D eigenvalue weighted by atomic mass is 32.2. The lowest BCUT2D eigenvalue weighted by molar-refractivity contribution is 0.201. The summed E-state index contributed by atoms with van der Waals surface area (Å²) < 4.78 is 9.34. The van der Waals surface area contributed by atoms with Gasteiger partial charge in [0.2, 0.25) is 5.13 Å². The Kier molecular flexibility index (Phi) is 4.22. The molecular weight excluding hydrogens is 230 g/mol. The summed E-state index contributed by atoms with van der Waals surface area (Å²) in [6.07, 6.45) is 0.815. The summed E-state index contributed by atoms with van der Waals surface area (Å²) in [5.74, 6) is 3.31. The van der Waals surface area contributed by atoms with E-state index in [1.807, 2.05) is 11.8 Å². The molecule has 15 heavy (non-hydrogen) atoms. The first-order valence-electron chi connectivity index (χ1n) is 5.04. The third-order valence-electron chi connectivity index (χ3n) is 2.27. The molecule has 1 saturated heterocycles. The van der Waals surface area contributed by atoms with Crippen molar-refractivity contribution in [2.75, 3.05) is 43.2 Å². The number of anilines is 1. The van der Waals surface area contributed by atoms with Gasteiger partial charge in [0, 0.05) is 49.7 Å². The third-order valence-corrected chi connectivity index (χ3v) is 4.03. The highest BCUT2D eigenvalue weighted by Gasteiger charge is 2.15. The van der Waals surface area contributed by atoms with Crippen LogP contribution < -0.4 is 4.90 Å². The number of rotatable bonds is 4. The first-order valence-corrected chi connectivity index (χ1v) is 6.97. The van der Waals surface area contributed by atoms with Crippen LogP contribution in [0.3, 0.4) is 0 Å². The molecule has 0 aromatic carbocycles. The molecule has 0 amide bonds. The number of hydrogen-bond acceptors (Lipinski definition) is 6. The lowest BCUT2D eigenvalue weighted by Gasteiger charge is -2.25. The van der Waals surface area contributed by atoms with Gasteiger partial charge in [-0.3, -0.25) is 0 Å². The lowest BCUT2D eigenvalue weighted by Crippen LogP contribution is -2.32. The Morgan fingerprint density at radius 1 is 1.40 bits per heavy atom. The quantitative estimate of drug-likeness (QED) is 0.799. The molecule has 0 bridgehead atoms. The smallest absolute Gasteiger partial charge is 0.205 e. The van der Waals surface area contributed by atoms with Gasteiger partial charge in [0.15, 0.2) is 0 Å². The Morgan fingerprint density at radius 2 is 2.20 bits per heavy atom. The molecule has 0 N–H and O–H groups in total. The van der Waals surface area contributed by atoms with Gasteiger partial charge in [-0.15, -0.1) is 0 Å². The first kappa shape index (κ1) is 11.2. The fraction of sp³-hybridized carbons (Fsp3) is 0.778. The number of thioether (sulfide) groups is 1. The zero-order chi connectivity index (χ0) is 10.5. The van der Waals surface area contributed by atoms with Crippen molar-refractivity contribution in [1.82, 2.24) is 9.36 Å². The predicted octanol–water partition coefficient (Wildman–Crippen LogP) is 1.28. The van der Waals surface area contributed by atoms with Crippen LogP contribution in [0.2, 0.25) is 0 Å². The molecule has 0 radical (unpaired) electrons. The number of hydrogen-bond donors (Lipinski definition) is 0. The minimum Gasteiger partial charge on any atom is -0.384 e. The SMILES string of the molecule is COCCc1nsc(N2CCSCC2)n1. The van der Waals surface area contributed by atoms with E-state index in [9.17, 15) is 0 Å². The van der Waals surface area contributed by atoms with E-state index in [1.165, 1.54) is 23.0 Å². The maximum atomic E-state index is 5.01. The minimum absolute atomic E-state index is 0.700. The predicted molar refractivity (Wildman–Crippen MR) is 65.0 cm³/mol. The van der Waals surface area contributed by atoms with E-state index in [0.29, 0.717) is 6.61 Å². The van der Waals surface area contributed by atoms with Gasteiger partial charge in [-0.25, -0.2) is 4.98 Å². The average molecular weight is 245 g/mol. The highest BCUT2D eigenvalue weighted by Crippen LogP contribution is 2.21. The molecule has 1 aliphatic heterocycles. The van der Waals surface area contributed by atoms with Crippen molar-refractivity contribution in [3.8, 4) is 0 Å². The van der Waals surface area contributed by atoms with Crippen molar-refractivity contribution in [3.05, 3.63) is 5.82 Å². The third kappa shape index (κ3) is 3.06. The Bertz CT molecular complexity index is 299. The number of ether oxygens (including phenoxy) is 1. The molecule has 1 aromatic rings. The van der Waals surface area contributed by atoms with Crippen molar-refractivity contribution in [3.63, 3.8) is 0 Å². The highest BCUT2D eigenvalue weighted by molar-refractivity contribution is 7.99. The monoisotopic (exact) mass is 245 g/mol. The molecule has 0 spiro atoms. The molecule has 6 heteroatoms. The molecule has 2 heterocycles. The van der Waals surface area contributed by atoms with E-state index < -0.39 is 0 Å². The number of nitrogens with zero attached hydrogens (tertiary/aromatic N) is 3. The second-order valence-corrected chi connectivity index (χ2v) is 5.29. The minimum atomic E-state index is 0.700. The van der Waals surface area contributed by atoms with E-state index in [0.717, 1.165) is 30.5 Å². The molecule has 0 atom stereocenters. The van der Waals surface area contributed by atoms with Crippen LogP contribution >= 0.6 is 23.3 Å². The summed E-state index contributed by atoms with van der Waals surface area (Å²) in [6, 6.07) is 0. The van der Waals surface area contributed by atoms with Crippen molar-refractivity contribution in [1.29, 1.82) is 0 Å². The Hall–Kier alpha value is -0.330. The Morgan fingerprint density at radius 3 is 2.93 bits per heavy atom. The molecule has 1 aliphatic rings. The van der Waals surface area contributed by atoms with Gasteiger partial charge in [-0.2, -0.15) is 16.1 Å². The van der Waals surface area contributed by atoms with Crippen LogP contribution in [0, 0.1) is 0 Å². The lowest BCUT2D eigenvalue weighted by atomic mass is 10.4. The van der Waals surface area contributed by atoms with E-state index in [1.54, 1.807) is 7.11 Å². The Labute approximate surface area is 98.2 Å². The molecule has 2 rings (SSSR count). The zero-order valence-corrected chi connectivity index (χ0v) is 10.4. The molecule has 1 fully saturated rings. The van der Waals surface area contributed by atoms with Gasteiger partial charge in [0.05, 0.1) is 6.61 Å². The van der Waals surface area contributed by atoms with Crippen molar-refractivity contribution < 1.29 is 4.74 Å². The number of methoxy groups -OCH3 is 1. The molecule has 0 aliphatic carbocycles. The topological polar surface area (TPSA) is 38.2 Å². The molecule has 1 aromatic heterocycles. The van der Waals surface area contributed by atoms with Crippen LogP contribution in [0.15, 0.2) is 0 Å². The van der Waals surface area contributed by atoms with Gasteiger partial charge in [-0.05, 0) is 0 Å². The van der Waals surface area contributed by atoms with Gasteiger partial charge in [0.25, 0.3) is 0 Å². The Balaban J connectivity index is 1.93. The normalized spacial score (nSPS) is 17.0. The van der Waals surface area contributed by atoms with Gasteiger partial charge < -0.3 is 9.64 Å². The van der Waals surface area contributed by atoms with Crippen LogP contribution in [0.5, 0.6) is 0 Å². The van der Waals surface area contributed by atoms with Crippen LogP contribution in [0.4, 0.5) is 5.13 Å². The standard InChI is InChI=1S/C9H15N3OS2/c1-13-5-2-8-10-9(15-11-8)12-3-6-14-7-4-12/h2-7H2,1H3. The summed E-state index contributed by atoms with van der Waals surface area (Å²) in [4.78, 5) is 6.84. The van der Waals surface area contributed by atoms with Gasteiger partial charge in [0.1, 0.15) is 5.82 Å².